The topological polar surface area (TPSA) is 88.5 Å². The van der Waals surface area contributed by atoms with E-state index in [1.807, 2.05) is 6.92 Å². The van der Waals surface area contributed by atoms with Gasteiger partial charge in [0.25, 0.3) is 5.89 Å². The zero-order valence-electron chi connectivity index (χ0n) is 10.6. The molecule has 1 aromatic carbocycles. The quantitative estimate of drug-likeness (QED) is 0.705. The molecule has 0 atom stereocenters. The number of rotatable bonds is 2. The molecule has 96 valence electrons. The predicted molar refractivity (Wildman–Crippen MR) is 70.2 cm³/mol. The molecule has 0 saturated carbocycles. The van der Waals surface area contributed by atoms with Crippen molar-refractivity contribution in [3.05, 3.63) is 47.8 Å². The Labute approximate surface area is 114 Å². The van der Waals surface area contributed by atoms with Crippen molar-refractivity contribution in [2.24, 2.45) is 0 Å². The van der Waals surface area contributed by atoms with Crippen LogP contribution < -0.4 is 0 Å². The van der Waals surface area contributed by atoms with Crippen molar-refractivity contribution in [3.8, 4) is 29.2 Å². The van der Waals surface area contributed by atoms with Gasteiger partial charge >= 0.3 is 0 Å². The monoisotopic (exact) mass is 263 g/mol. The van der Waals surface area contributed by atoms with Crippen LogP contribution in [0.1, 0.15) is 11.1 Å². The minimum atomic E-state index is 0.337. The fourth-order valence-corrected chi connectivity index (χ4v) is 1.63. The summed E-state index contributed by atoms with van der Waals surface area (Å²) >= 11 is 0. The molecule has 0 fully saturated rings. The van der Waals surface area contributed by atoms with Crippen molar-refractivity contribution in [2.45, 2.75) is 6.92 Å². The summed E-state index contributed by atoms with van der Waals surface area (Å²) in [6.07, 6.45) is 3.39. The van der Waals surface area contributed by atoms with Gasteiger partial charge in [0.1, 0.15) is 0 Å². The lowest BCUT2D eigenvalue weighted by atomic mass is 10.1. The zero-order valence-corrected chi connectivity index (χ0v) is 10.6. The third-order valence-electron chi connectivity index (χ3n) is 2.67. The second kappa shape index (κ2) is 4.90. The van der Waals surface area contributed by atoms with E-state index in [0.29, 0.717) is 23.1 Å². The Bertz CT molecular complexity index is 769. The highest BCUT2D eigenvalue weighted by atomic mass is 16.5. The maximum absolute atomic E-state index is 8.76. The summed E-state index contributed by atoms with van der Waals surface area (Å²) in [5, 5.41) is 12.6. The molecule has 0 saturated heterocycles. The summed E-state index contributed by atoms with van der Waals surface area (Å²) in [4.78, 5) is 12.5. The van der Waals surface area contributed by atoms with E-state index in [2.05, 4.69) is 26.2 Å². The molecule has 2 aromatic heterocycles. The van der Waals surface area contributed by atoms with Crippen LogP contribution >= 0.6 is 0 Å². The third-order valence-corrected chi connectivity index (χ3v) is 2.67. The Morgan fingerprint density at radius 1 is 1.05 bits per heavy atom. The highest BCUT2D eigenvalue weighted by Crippen LogP contribution is 2.20. The van der Waals surface area contributed by atoms with Gasteiger partial charge in [-0.1, -0.05) is 5.16 Å². The molecule has 2 heterocycles. The summed E-state index contributed by atoms with van der Waals surface area (Å²) < 4.78 is 5.18. The van der Waals surface area contributed by atoms with E-state index < -0.39 is 0 Å². The van der Waals surface area contributed by atoms with Crippen molar-refractivity contribution in [1.82, 2.24) is 20.1 Å². The van der Waals surface area contributed by atoms with E-state index in [-0.39, 0.29) is 0 Å². The first-order valence-electron chi connectivity index (χ1n) is 5.89. The SMILES string of the molecule is Cc1cnc(-c2noc(-c3ccc(C#N)cc3)n2)nc1. The molecule has 0 aliphatic rings. The van der Waals surface area contributed by atoms with Gasteiger partial charge in [-0.3, -0.25) is 0 Å². The van der Waals surface area contributed by atoms with E-state index >= 15 is 0 Å². The number of nitrogens with zero attached hydrogens (tertiary/aromatic N) is 5. The lowest BCUT2D eigenvalue weighted by Crippen LogP contribution is -1.90. The highest BCUT2D eigenvalue weighted by Gasteiger charge is 2.12. The molecule has 0 unspecified atom stereocenters. The molecule has 0 N–H and O–H groups in total. The summed E-state index contributed by atoms with van der Waals surface area (Å²) in [5.74, 6) is 1.12. The minimum absolute atomic E-state index is 0.337. The Morgan fingerprint density at radius 3 is 2.40 bits per heavy atom. The van der Waals surface area contributed by atoms with Gasteiger partial charge in [0.05, 0.1) is 11.6 Å². The number of nitriles is 1. The Morgan fingerprint density at radius 2 is 1.75 bits per heavy atom. The average molecular weight is 263 g/mol. The number of benzene rings is 1. The fraction of sp³-hybridized carbons (Fsp3) is 0.0714. The van der Waals surface area contributed by atoms with E-state index in [0.717, 1.165) is 11.1 Å². The van der Waals surface area contributed by atoms with Crippen molar-refractivity contribution in [3.63, 3.8) is 0 Å². The minimum Gasteiger partial charge on any atom is -0.334 e. The van der Waals surface area contributed by atoms with E-state index in [4.69, 9.17) is 9.78 Å². The van der Waals surface area contributed by atoms with Crippen molar-refractivity contribution in [2.75, 3.05) is 0 Å². The average Bonchev–Trinajstić information content (AvgIpc) is 2.98. The van der Waals surface area contributed by atoms with Gasteiger partial charge in [-0.25, -0.2) is 9.97 Å². The van der Waals surface area contributed by atoms with Gasteiger partial charge < -0.3 is 4.52 Å². The molecule has 0 aliphatic heterocycles. The molecule has 3 aromatic rings. The first-order chi connectivity index (χ1) is 9.76. The zero-order chi connectivity index (χ0) is 13.9. The molecule has 0 bridgehead atoms. The molecular weight excluding hydrogens is 254 g/mol. The van der Waals surface area contributed by atoms with Crippen LogP contribution in [-0.2, 0) is 0 Å². The summed E-state index contributed by atoms with van der Waals surface area (Å²) in [6, 6.07) is 8.96. The largest absolute Gasteiger partial charge is 0.334 e. The lowest BCUT2D eigenvalue weighted by Gasteiger charge is -1.93. The summed E-state index contributed by atoms with van der Waals surface area (Å²) in [5.41, 5.74) is 2.29. The first kappa shape index (κ1) is 12.0. The first-order valence-corrected chi connectivity index (χ1v) is 5.89. The fourth-order valence-electron chi connectivity index (χ4n) is 1.63. The number of hydrogen-bond donors (Lipinski definition) is 0. The Balaban J connectivity index is 1.93. The molecule has 20 heavy (non-hydrogen) atoms. The molecule has 0 spiro atoms. The van der Waals surface area contributed by atoms with Crippen LogP contribution in [0.5, 0.6) is 0 Å². The Hall–Kier alpha value is -3.07. The van der Waals surface area contributed by atoms with Crippen LogP contribution in [-0.4, -0.2) is 20.1 Å². The van der Waals surface area contributed by atoms with Gasteiger partial charge in [0.2, 0.25) is 11.6 Å². The molecular formula is C14H9N5O. The highest BCUT2D eigenvalue weighted by molar-refractivity contribution is 5.57. The van der Waals surface area contributed by atoms with Gasteiger partial charge in [-0.05, 0) is 36.8 Å². The predicted octanol–water partition coefficient (Wildman–Crippen LogP) is 2.37. The van der Waals surface area contributed by atoms with Crippen LogP contribution in [0.15, 0.2) is 41.2 Å². The molecule has 6 heteroatoms. The van der Waals surface area contributed by atoms with Gasteiger partial charge in [0.15, 0.2) is 0 Å². The van der Waals surface area contributed by atoms with Crippen molar-refractivity contribution in [1.29, 1.82) is 5.26 Å². The van der Waals surface area contributed by atoms with Crippen molar-refractivity contribution >= 4 is 0 Å². The van der Waals surface area contributed by atoms with E-state index in [1.54, 1.807) is 36.7 Å². The Kier molecular flexibility index (Phi) is 2.94. The van der Waals surface area contributed by atoms with Gasteiger partial charge in [0, 0.05) is 18.0 Å². The number of hydrogen-bond acceptors (Lipinski definition) is 6. The summed E-state index contributed by atoms with van der Waals surface area (Å²) in [6.45, 7) is 1.90. The van der Waals surface area contributed by atoms with Crippen LogP contribution in [0.2, 0.25) is 0 Å². The van der Waals surface area contributed by atoms with Crippen molar-refractivity contribution < 1.29 is 4.52 Å². The smallest absolute Gasteiger partial charge is 0.258 e. The van der Waals surface area contributed by atoms with Crippen LogP contribution in [0.4, 0.5) is 0 Å². The van der Waals surface area contributed by atoms with Crippen LogP contribution in [0.3, 0.4) is 0 Å². The van der Waals surface area contributed by atoms with E-state index in [9.17, 15) is 0 Å². The standard InChI is InChI=1S/C14H9N5O/c1-9-7-16-12(17-8-9)13-18-14(20-19-13)11-4-2-10(6-15)3-5-11/h2-5,7-8H,1H3. The van der Waals surface area contributed by atoms with Crippen LogP contribution in [0, 0.1) is 18.3 Å². The second-order valence-electron chi connectivity index (χ2n) is 4.20. The maximum Gasteiger partial charge on any atom is 0.258 e. The molecule has 6 nitrogen and oxygen atoms in total. The molecule has 0 radical (unpaired) electrons. The van der Waals surface area contributed by atoms with Gasteiger partial charge in [-0.15, -0.1) is 0 Å². The van der Waals surface area contributed by atoms with Gasteiger partial charge in [-0.2, -0.15) is 10.2 Å². The number of aryl methyl sites for hydroxylation is 1. The molecule has 0 aliphatic carbocycles. The van der Waals surface area contributed by atoms with Crippen LogP contribution in [0.25, 0.3) is 23.1 Å². The second-order valence-corrected chi connectivity index (χ2v) is 4.20. The molecule has 3 rings (SSSR count). The van der Waals surface area contributed by atoms with E-state index in [1.165, 1.54) is 0 Å². The third kappa shape index (κ3) is 2.24. The number of aromatic nitrogens is 4. The summed E-state index contributed by atoms with van der Waals surface area (Å²) in [7, 11) is 0. The maximum atomic E-state index is 8.76. The lowest BCUT2D eigenvalue weighted by molar-refractivity contribution is 0.432. The molecule has 0 amide bonds. The normalized spacial score (nSPS) is 10.2.